The predicted molar refractivity (Wildman–Crippen MR) is 107 cm³/mol. The molecule has 0 heterocycles. The van der Waals surface area contributed by atoms with Gasteiger partial charge in [-0.3, -0.25) is 9.98 Å². The zero-order valence-electron chi connectivity index (χ0n) is 17.1. The summed E-state index contributed by atoms with van der Waals surface area (Å²) in [6.07, 6.45) is 0. The van der Waals surface area contributed by atoms with Gasteiger partial charge in [0.15, 0.2) is 0 Å². The summed E-state index contributed by atoms with van der Waals surface area (Å²) in [6.45, 7) is 15.2. The molecule has 146 valence electrons. The average molecular weight is 470 g/mol. The van der Waals surface area contributed by atoms with Crippen LogP contribution in [0, 0.1) is 0 Å². The zero-order chi connectivity index (χ0) is 20.8. The summed E-state index contributed by atoms with van der Waals surface area (Å²) in [5.41, 5.74) is 0. The fourth-order valence-electron chi connectivity index (χ4n) is 1.75. The van der Waals surface area contributed by atoms with E-state index in [2.05, 4.69) is 59.9 Å². The summed E-state index contributed by atoms with van der Waals surface area (Å²) in [6, 6.07) is 0. The van der Waals surface area contributed by atoms with E-state index in [0.717, 1.165) is 0 Å². The van der Waals surface area contributed by atoms with Gasteiger partial charge in [0.25, 0.3) is 0 Å². The van der Waals surface area contributed by atoms with E-state index >= 15 is 0 Å². The van der Waals surface area contributed by atoms with Crippen LogP contribution in [-0.2, 0) is 31.1 Å². The first-order valence-electron chi connectivity index (χ1n) is 7.70. The first-order chi connectivity index (χ1) is 11.1. The molecule has 0 aliphatic carbocycles. The van der Waals surface area contributed by atoms with Gasteiger partial charge in [-0.05, 0) is 0 Å². The van der Waals surface area contributed by atoms with E-state index in [4.69, 9.17) is 10.2 Å². The fraction of sp³-hybridized carbons (Fsp3) is 0.714. The molecule has 0 aromatic carbocycles. The number of hydrogen-bond donors (Lipinski definition) is 4. The number of nitrogens with zero attached hydrogens (tertiary/aromatic N) is 2. The molecule has 0 aromatic heterocycles. The fourth-order valence-corrected chi connectivity index (χ4v) is 60.5. The number of hydrogen-bond acceptors (Lipinski definition) is 4. The van der Waals surface area contributed by atoms with Crippen LogP contribution in [0.3, 0.4) is 0 Å². The van der Waals surface area contributed by atoms with Gasteiger partial charge in [0.05, 0.1) is 0 Å². The van der Waals surface area contributed by atoms with Gasteiger partial charge >= 0.3 is 83.2 Å². The second-order valence-electron chi connectivity index (χ2n) is 6.88. The van der Waals surface area contributed by atoms with Gasteiger partial charge in [-0.25, -0.2) is 9.59 Å². The number of amidine groups is 2. The third-order valence-electron chi connectivity index (χ3n) is 2.08. The van der Waals surface area contributed by atoms with Crippen molar-refractivity contribution in [2.75, 3.05) is 28.2 Å². The molecule has 0 saturated heterocycles. The van der Waals surface area contributed by atoms with Crippen molar-refractivity contribution >= 4 is 34.0 Å². The molecule has 0 amide bonds. The summed E-state index contributed by atoms with van der Waals surface area (Å²) < 4.78 is 0. The summed E-state index contributed by atoms with van der Waals surface area (Å²) >= 11 is 0.0961. The van der Waals surface area contributed by atoms with Gasteiger partial charge in [0.2, 0.25) is 11.7 Å². The zero-order valence-corrected chi connectivity index (χ0v) is 21.6. The Bertz CT molecular complexity index is 430. The first kappa shape index (κ1) is 29.0. The van der Waals surface area contributed by atoms with Crippen LogP contribution in [-0.4, -0.2) is 72.4 Å². The molecule has 0 fully saturated rings. The summed E-state index contributed by atoms with van der Waals surface area (Å²) in [5, 5.41) is 20.0. The van der Waals surface area contributed by atoms with Crippen LogP contribution in [0.2, 0.25) is 39.3 Å². The van der Waals surface area contributed by atoms with E-state index in [1.165, 1.54) is 28.2 Å². The molecule has 0 aliphatic heterocycles. The molecule has 8 nitrogen and oxygen atoms in total. The molecule has 0 saturated carbocycles. The molecule has 4 N–H and O–H groups in total. The molecule has 0 radical (unpaired) electrons. The molecule has 25 heavy (non-hydrogen) atoms. The number of carboxylic acid groups (broad SMARTS) is 2. The van der Waals surface area contributed by atoms with E-state index in [1.54, 1.807) is 0 Å². The van der Waals surface area contributed by atoms with Crippen LogP contribution in [0.5, 0.6) is 0 Å². The number of nitrogens with one attached hydrogen (secondary N) is 2. The van der Waals surface area contributed by atoms with Crippen LogP contribution < -0.4 is 10.6 Å². The second-order valence-corrected chi connectivity index (χ2v) is 44.5. The Hall–Kier alpha value is -0.803. The normalized spacial score (nSPS) is 11.9. The van der Waals surface area contributed by atoms with E-state index in [9.17, 15) is 9.59 Å². The van der Waals surface area contributed by atoms with E-state index in [1.807, 2.05) is 0 Å². The monoisotopic (exact) mass is 468 g/mol. The topological polar surface area (TPSA) is 123 Å². The minimum atomic E-state index is -1.03. The average Bonchev–Trinajstić information content (AvgIpc) is 2.37. The minimum absolute atomic E-state index is 0.0231. The molecule has 11 heteroatoms. The number of rotatable bonds is 2. The first-order valence-corrected chi connectivity index (χ1v) is 22.1. The Labute approximate surface area is 163 Å². The Morgan fingerprint density at radius 2 is 1.00 bits per heavy atom. The van der Waals surface area contributed by atoms with Crippen molar-refractivity contribution in [3.05, 3.63) is 0 Å². The van der Waals surface area contributed by atoms with Crippen molar-refractivity contribution in [2.45, 2.75) is 39.3 Å². The van der Waals surface area contributed by atoms with Gasteiger partial charge in [-0.15, -0.1) is 0 Å². The van der Waals surface area contributed by atoms with Crippen molar-refractivity contribution in [1.82, 2.24) is 10.6 Å². The van der Waals surface area contributed by atoms with Crippen molar-refractivity contribution in [1.29, 1.82) is 0 Å². The predicted octanol–water partition coefficient (Wildman–Crippen LogP) is 1.38. The van der Waals surface area contributed by atoms with Crippen LogP contribution >= 0.6 is 0 Å². The summed E-state index contributed by atoms with van der Waals surface area (Å²) in [5.74, 6) is -2.11. The molecular weight excluding hydrogens is 436 g/mol. The number of aliphatic imine (C=N–C) groups is 2. The maximum absolute atomic E-state index is 9.97. The molecule has 0 unspecified atom stereocenters. The summed E-state index contributed by atoms with van der Waals surface area (Å²) in [4.78, 5) is 26.8. The number of carboxylic acids is 2. The number of carbonyl (C=O) groups is 2. The van der Waals surface area contributed by atoms with E-state index in [-0.39, 0.29) is 33.2 Å². The summed E-state index contributed by atoms with van der Waals surface area (Å²) in [7, 11) is 5.85. The third kappa shape index (κ3) is 23.2. The van der Waals surface area contributed by atoms with E-state index < -0.39 is 22.3 Å². The SMILES string of the molecule is CN=C(NC)C(=O)O.CN=C(NC)C(=O)O.C[Si](C)(C)[Zr][Si](C)(C)C. The van der Waals surface area contributed by atoms with Gasteiger partial charge in [0.1, 0.15) is 0 Å². The Morgan fingerprint density at radius 3 is 1.00 bits per heavy atom. The Kier molecular flexibility index (Phi) is 16.7. The Balaban J connectivity index is -0.000000291. The van der Waals surface area contributed by atoms with Gasteiger partial charge < -0.3 is 20.8 Å². The molecule has 0 atom stereocenters. The van der Waals surface area contributed by atoms with Gasteiger partial charge in [-0.2, -0.15) is 0 Å². The number of likely N-dealkylation sites (N-methyl/N-ethyl adjacent to an activating group) is 2. The molecule has 0 spiro atoms. The quantitative estimate of drug-likeness (QED) is 0.275. The molecule has 0 rings (SSSR count). The van der Waals surface area contributed by atoms with Crippen LogP contribution in [0.15, 0.2) is 9.98 Å². The second kappa shape index (κ2) is 14.4. The van der Waals surface area contributed by atoms with E-state index in [0.29, 0.717) is 0 Å². The van der Waals surface area contributed by atoms with Crippen molar-refractivity contribution in [3.8, 4) is 0 Å². The van der Waals surface area contributed by atoms with Crippen molar-refractivity contribution in [2.24, 2.45) is 9.98 Å². The molecule has 0 aliphatic rings. The van der Waals surface area contributed by atoms with Crippen molar-refractivity contribution < 1.29 is 41.4 Å². The maximum atomic E-state index is 9.97. The van der Waals surface area contributed by atoms with Crippen molar-refractivity contribution in [3.63, 3.8) is 0 Å². The molecular formula is C14H34N4O4Si2Zr. The van der Waals surface area contributed by atoms with Gasteiger partial charge in [0, 0.05) is 28.2 Å². The van der Waals surface area contributed by atoms with Crippen LogP contribution in [0.1, 0.15) is 0 Å². The van der Waals surface area contributed by atoms with Crippen LogP contribution in [0.4, 0.5) is 0 Å². The van der Waals surface area contributed by atoms with Gasteiger partial charge in [-0.1, -0.05) is 0 Å². The third-order valence-corrected chi connectivity index (χ3v) is 41.3. The number of aliphatic carboxylic acids is 2. The standard InChI is InChI=1S/2C4H8N2O2.2C3H9Si.Zr/c2*1-5-3(6-2)4(7)8;2*1-4(2)3;/h2*1-2H3,(H,5,6)(H,7,8);2*1-3H3;. The Morgan fingerprint density at radius 1 is 0.760 bits per heavy atom. The molecule has 0 bridgehead atoms. The molecule has 0 aromatic rings. The van der Waals surface area contributed by atoms with Crippen LogP contribution in [0.25, 0.3) is 0 Å².